The summed E-state index contributed by atoms with van der Waals surface area (Å²) in [7, 11) is 1.55. The number of nitrogens with one attached hydrogen (secondary N) is 1. The van der Waals surface area contributed by atoms with Gasteiger partial charge in [-0.3, -0.25) is 19.3 Å². The second-order valence-corrected chi connectivity index (χ2v) is 7.64. The summed E-state index contributed by atoms with van der Waals surface area (Å²) < 4.78 is 5.11. The zero-order valence-corrected chi connectivity index (χ0v) is 15.6. The highest BCUT2D eigenvalue weighted by atomic mass is 32.2. The van der Waals surface area contributed by atoms with Gasteiger partial charge in [0.15, 0.2) is 5.78 Å². The lowest BCUT2D eigenvalue weighted by atomic mass is 9.91. The van der Waals surface area contributed by atoms with Crippen molar-refractivity contribution in [1.82, 2.24) is 4.90 Å². The molecule has 0 bridgehead atoms. The fourth-order valence-corrected chi connectivity index (χ4v) is 3.01. The van der Waals surface area contributed by atoms with Crippen LogP contribution >= 0.6 is 11.8 Å². The summed E-state index contributed by atoms with van der Waals surface area (Å²) in [6, 6.07) is 6.97. The third-order valence-electron chi connectivity index (χ3n) is 3.56. The number of rotatable bonds is 5. The van der Waals surface area contributed by atoms with Gasteiger partial charge in [-0.25, -0.2) is 0 Å². The quantitative estimate of drug-likeness (QED) is 0.815. The summed E-state index contributed by atoms with van der Waals surface area (Å²) >= 11 is 1.27. The summed E-state index contributed by atoms with van der Waals surface area (Å²) in [6.45, 7) is 5.31. The Morgan fingerprint density at radius 1 is 1.36 bits per heavy atom. The Morgan fingerprint density at radius 3 is 2.72 bits per heavy atom. The van der Waals surface area contributed by atoms with Crippen LogP contribution in [0.5, 0.6) is 5.75 Å². The number of ether oxygens (including phenoxy) is 1. The van der Waals surface area contributed by atoms with Crippen LogP contribution in [-0.2, 0) is 14.4 Å². The second-order valence-electron chi connectivity index (χ2n) is 6.65. The minimum Gasteiger partial charge on any atom is -0.497 e. The molecule has 0 unspecified atom stereocenters. The second kappa shape index (κ2) is 7.74. The van der Waals surface area contributed by atoms with Crippen molar-refractivity contribution in [3.8, 4) is 5.75 Å². The fraction of sp³-hybridized carbons (Fsp3) is 0.389. The number of amides is 2. The van der Waals surface area contributed by atoms with Gasteiger partial charge in [-0.05, 0) is 12.1 Å². The predicted molar refractivity (Wildman–Crippen MR) is 98.3 cm³/mol. The van der Waals surface area contributed by atoms with E-state index < -0.39 is 5.41 Å². The first-order valence-corrected chi connectivity index (χ1v) is 8.82. The Bertz CT molecular complexity index is 722. The number of hydrogen-bond donors (Lipinski definition) is 1. The van der Waals surface area contributed by atoms with Gasteiger partial charge in [0.2, 0.25) is 11.8 Å². The van der Waals surface area contributed by atoms with Gasteiger partial charge >= 0.3 is 0 Å². The van der Waals surface area contributed by atoms with E-state index in [1.807, 2.05) is 20.8 Å². The van der Waals surface area contributed by atoms with Crippen LogP contribution in [0.2, 0.25) is 0 Å². The van der Waals surface area contributed by atoms with Crippen molar-refractivity contribution in [3.05, 3.63) is 35.4 Å². The highest BCUT2D eigenvalue weighted by molar-refractivity contribution is 8.04. The number of methoxy groups -OCH3 is 1. The molecule has 1 saturated heterocycles. The molecule has 1 N–H and O–H groups in total. The van der Waals surface area contributed by atoms with Gasteiger partial charge in [-0.2, -0.15) is 0 Å². The lowest BCUT2D eigenvalue weighted by Crippen LogP contribution is -2.34. The van der Waals surface area contributed by atoms with Gasteiger partial charge in [0.05, 0.1) is 17.9 Å². The van der Waals surface area contributed by atoms with E-state index in [0.29, 0.717) is 16.5 Å². The molecule has 1 aromatic carbocycles. The number of allylic oxidation sites excluding steroid dienone is 1. The molecule has 2 amide bonds. The van der Waals surface area contributed by atoms with Crippen molar-refractivity contribution in [2.24, 2.45) is 5.41 Å². The molecule has 0 atom stereocenters. The van der Waals surface area contributed by atoms with E-state index in [2.05, 4.69) is 5.32 Å². The number of carbonyl (C=O) groups excluding carboxylic acids is 3. The number of anilines is 1. The van der Waals surface area contributed by atoms with Crippen LogP contribution in [0.4, 0.5) is 5.69 Å². The first kappa shape index (κ1) is 19.1. The standard InChI is InChI=1S/C18H22N2O4S/c1-18(2,3)14(21)9-17-20(16(23)11-25-17)10-15(22)19-12-6-5-7-13(8-12)24-4/h5-9H,10-11H2,1-4H3,(H,19,22)/b17-9-. The maximum Gasteiger partial charge on any atom is 0.244 e. The van der Waals surface area contributed by atoms with Crippen molar-refractivity contribution in [3.63, 3.8) is 0 Å². The molecular formula is C18H22N2O4S. The molecule has 2 rings (SSSR count). The molecule has 7 heteroatoms. The van der Waals surface area contributed by atoms with Crippen molar-refractivity contribution in [1.29, 1.82) is 0 Å². The van der Waals surface area contributed by atoms with Crippen LogP contribution in [0.15, 0.2) is 35.4 Å². The predicted octanol–water partition coefficient (Wildman–Crippen LogP) is 2.67. The number of hydrogen-bond acceptors (Lipinski definition) is 5. The summed E-state index contributed by atoms with van der Waals surface area (Å²) in [6.07, 6.45) is 1.45. The van der Waals surface area contributed by atoms with E-state index in [0.717, 1.165) is 0 Å². The van der Waals surface area contributed by atoms with E-state index in [1.54, 1.807) is 31.4 Å². The molecule has 0 aromatic heterocycles. The Balaban J connectivity index is 2.08. The molecule has 0 radical (unpaired) electrons. The highest BCUT2D eigenvalue weighted by Crippen LogP contribution is 2.30. The fourth-order valence-electron chi connectivity index (χ4n) is 2.07. The molecule has 1 heterocycles. The molecule has 0 aliphatic carbocycles. The first-order valence-electron chi connectivity index (χ1n) is 7.84. The monoisotopic (exact) mass is 362 g/mol. The molecule has 25 heavy (non-hydrogen) atoms. The first-order chi connectivity index (χ1) is 11.7. The Hall–Kier alpha value is -2.28. The van der Waals surface area contributed by atoms with Crippen LogP contribution in [0.25, 0.3) is 0 Å². The molecular weight excluding hydrogens is 340 g/mol. The lowest BCUT2D eigenvalue weighted by molar-refractivity contribution is -0.129. The lowest BCUT2D eigenvalue weighted by Gasteiger charge is -2.19. The average molecular weight is 362 g/mol. The summed E-state index contributed by atoms with van der Waals surface area (Å²) in [5, 5.41) is 3.25. The molecule has 1 aromatic rings. The summed E-state index contributed by atoms with van der Waals surface area (Å²) in [5.41, 5.74) is 0.0493. The van der Waals surface area contributed by atoms with Crippen LogP contribution < -0.4 is 10.1 Å². The third-order valence-corrected chi connectivity index (χ3v) is 4.58. The van der Waals surface area contributed by atoms with Crippen LogP contribution in [-0.4, -0.2) is 41.9 Å². The van der Waals surface area contributed by atoms with Gasteiger partial charge < -0.3 is 10.1 Å². The Kier molecular flexibility index (Phi) is 5.89. The Morgan fingerprint density at radius 2 is 2.08 bits per heavy atom. The molecule has 1 aliphatic heterocycles. The number of ketones is 1. The minimum atomic E-state index is -0.534. The smallest absolute Gasteiger partial charge is 0.244 e. The number of benzene rings is 1. The Labute approximate surface area is 151 Å². The van der Waals surface area contributed by atoms with Crippen LogP contribution in [0.1, 0.15) is 20.8 Å². The van der Waals surface area contributed by atoms with Crippen molar-refractivity contribution >= 4 is 35.0 Å². The maximum atomic E-state index is 12.3. The molecule has 6 nitrogen and oxygen atoms in total. The van der Waals surface area contributed by atoms with E-state index in [4.69, 9.17) is 4.74 Å². The molecule has 1 aliphatic rings. The van der Waals surface area contributed by atoms with Crippen LogP contribution in [0, 0.1) is 5.41 Å². The topological polar surface area (TPSA) is 75.7 Å². The average Bonchev–Trinajstić information content (AvgIpc) is 2.87. The van der Waals surface area contributed by atoms with E-state index in [1.165, 1.54) is 22.7 Å². The highest BCUT2D eigenvalue weighted by Gasteiger charge is 2.30. The van der Waals surface area contributed by atoms with E-state index >= 15 is 0 Å². The molecule has 134 valence electrons. The largest absolute Gasteiger partial charge is 0.497 e. The van der Waals surface area contributed by atoms with E-state index in [9.17, 15) is 14.4 Å². The van der Waals surface area contributed by atoms with Gasteiger partial charge in [0, 0.05) is 23.2 Å². The van der Waals surface area contributed by atoms with Gasteiger partial charge in [-0.1, -0.05) is 38.6 Å². The van der Waals surface area contributed by atoms with Gasteiger partial charge in [0.25, 0.3) is 0 Å². The molecule has 0 saturated carbocycles. The maximum absolute atomic E-state index is 12.3. The molecule has 1 fully saturated rings. The van der Waals surface area contributed by atoms with Crippen molar-refractivity contribution in [2.45, 2.75) is 20.8 Å². The zero-order valence-electron chi connectivity index (χ0n) is 14.8. The van der Waals surface area contributed by atoms with Crippen molar-refractivity contribution < 1.29 is 19.1 Å². The third kappa shape index (κ3) is 5.09. The molecule has 0 spiro atoms. The van der Waals surface area contributed by atoms with Gasteiger partial charge in [-0.15, -0.1) is 0 Å². The SMILES string of the molecule is COc1cccc(NC(=O)CN2C(=O)CS/C2=C\C(=O)C(C)(C)C)c1. The minimum absolute atomic E-state index is 0.0806. The zero-order chi connectivity index (χ0) is 18.6. The summed E-state index contributed by atoms with van der Waals surface area (Å²) in [5.74, 6) is 0.261. The van der Waals surface area contributed by atoms with E-state index in [-0.39, 0.29) is 29.9 Å². The number of thioether (sulfide) groups is 1. The van der Waals surface area contributed by atoms with Crippen molar-refractivity contribution in [2.75, 3.05) is 24.7 Å². The van der Waals surface area contributed by atoms with Gasteiger partial charge in [0.1, 0.15) is 12.3 Å². The van der Waals surface area contributed by atoms with Crippen LogP contribution in [0.3, 0.4) is 0 Å². The number of nitrogens with zero attached hydrogens (tertiary/aromatic N) is 1. The summed E-state index contributed by atoms with van der Waals surface area (Å²) in [4.78, 5) is 37.9. The number of carbonyl (C=O) groups is 3. The normalized spacial score (nSPS) is 16.2.